The Kier molecular flexibility index (Phi) is 5.16. The Bertz CT molecular complexity index is 686. The summed E-state index contributed by atoms with van der Waals surface area (Å²) in [7, 11) is 1.68. The zero-order chi connectivity index (χ0) is 16.1. The zero-order valence-corrected chi connectivity index (χ0v) is 13.2. The number of thioether (sulfide) groups is 1. The van der Waals surface area contributed by atoms with Crippen LogP contribution in [0.2, 0.25) is 0 Å². The number of carbonyl (C=O) groups excluding carboxylic acids is 1. The van der Waals surface area contributed by atoms with Gasteiger partial charge in [-0.05, 0) is 30.0 Å². The molecule has 22 heavy (non-hydrogen) atoms. The predicted molar refractivity (Wildman–Crippen MR) is 87.1 cm³/mol. The number of hydrogen-bond acceptors (Lipinski definition) is 4. The van der Waals surface area contributed by atoms with E-state index < -0.39 is 4.92 Å². The van der Waals surface area contributed by atoms with Crippen molar-refractivity contribution in [1.82, 2.24) is 4.90 Å². The molecule has 0 heterocycles. The van der Waals surface area contributed by atoms with Gasteiger partial charge in [-0.25, -0.2) is 0 Å². The minimum absolute atomic E-state index is 0.0800. The highest BCUT2D eigenvalue weighted by Crippen LogP contribution is 2.17. The van der Waals surface area contributed by atoms with Gasteiger partial charge in [0.05, 0.1) is 4.92 Å². The second-order valence-corrected chi connectivity index (χ2v) is 5.70. The van der Waals surface area contributed by atoms with Crippen LogP contribution in [-0.2, 0) is 6.54 Å². The monoisotopic (exact) mass is 316 g/mol. The highest BCUT2D eigenvalue weighted by atomic mass is 32.2. The lowest BCUT2D eigenvalue weighted by atomic mass is 10.1. The third-order valence-electron chi connectivity index (χ3n) is 3.23. The maximum Gasteiger partial charge on any atom is 0.270 e. The van der Waals surface area contributed by atoms with Gasteiger partial charge in [-0.15, -0.1) is 11.8 Å². The molecular weight excluding hydrogens is 300 g/mol. The van der Waals surface area contributed by atoms with Crippen LogP contribution in [0.5, 0.6) is 0 Å². The Morgan fingerprint density at radius 2 is 1.91 bits per heavy atom. The molecule has 0 aliphatic heterocycles. The molecule has 0 unspecified atom stereocenters. The molecule has 0 bridgehead atoms. The van der Waals surface area contributed by atoms with E-state index in [0.29, 0.717) is 12.1 Å². The second kappa shape index (κ2) is 7.09. The summed E-state index contributed by atoms with van der Waals surface area (Å²) in [5.41, 5.74) is 1.25. The third-order valence-corrected chi connectivity index (χ3v) is 3.97. The van der Waals surface area contributed by atoms with Gasteiger partial charge < -0.3 is 4.90 Å². The zero-order valence-electron chi connectivity index (χ0n) is 12.4. The third kappa shape index (κ3) is 3.85. The molecule has 2 rings (SSSR count). The van der Waals surface area contributed by atoms with E-state index in [0.717, 1.165) is 10.5 Å². The van der Waals surface area contributed by atoms with Crippen molar-refractivity contribution in [2.45, 2.75) is 11.4 Å². The van der Waals surface area contributed by atoms with Crippen molar-refractivity contribution in [1.29, 1.82) is 0 Å². The van der Waals surface area contributed by atoms with E-state index in [1.54, 1.807) is 29.8 Å². The van der Waals surface area contributed by atoms with Gasteiger partial charge in [-0.2, -0.15) is 0 Å². The highest BCUT2D eigenvalue weighted by molar-refractivity contribution is 7.98. The van der Waals surface area contributed by atoms with Crippen LogP contribution in [0.1, 0.15) is 15.9 Å². The first-order valence-electron chi connectivity index (χ1n) is 6.64. The van der Waals surface area contributed by atoms with E-state index in [1.807, 2.05) is 30.5 Å². The summed E-state index contributed by atoms with van der Waals surface area (Å²) in [6.07, 6.45) is 2.01. The van der Waals surface area contributed by atoms with Gasteiger partial charge in [0.15, 0.2) is 0 Å². The molecule has 0 saturated heterocycles. The quantitative estimate of drug-likeness (QED) is 0.480. The summed E-state index contributed by atoms with van der Waals surface area (Å²) in [6.45, 7) is 0.455. The van der Waals surface area contributed by atoms with Crippen LogP contribution in [0.4, 0.5) is 5.69 Å². The second-order valence-electron chi connectivity index (χ2n) is 4.82. The fraction of sp³-hybridized carbons (Fsp3) is 0.188. The van der Waals surface area contributed by atoms with Gasteiger partial charge in [0.2, 0.25) is 0 Å². The minimum atomic E-state index is -0.502. The summed E-state index contributed by atoms with van der Waals surface area (Å²) < 4.78 is 0. The van der Waals surface area contributed by atoms with Crippen LogP contribution in [0, 0.1) is 10.1 Å². The molecular formula is C16H16N2O3S. The van der Waals surface area contributed by atoms with Crippen LogP contribution < -0.4 is 0 Å². The number of nitrogens with zero attached hydrogens (tertiary/aromatic N) is 2. The summed E-state index contributed by atoms with van der Waals surface area (Å²) >= 11 is 1.66. The van der Waals surface area contributed by atoms with Crippen molar-refractivity contribution in [2.24, 2.45) is 0 Å². The standard InChI is InChI=1S/C16H16N2O3S/c1-17(11-12-6-8-15(22-2)9-7-12)16(19)13-4-3-5-14(10-13)18(20)21/h3-10H,11H2,1-2H3. The van der Waals surface area contributed by atoms with Crippen LogP contribution >= 0.6 is 11.8 Å². The van der Waals surface area contributed by atoms with E-state index in [9.17, 15) is 14.9 Å². The Hall–Kier alpha value is -2.34. The number of nitro groups is 1. The Labute approximate surface area is 133 Å². The van der Waals surface area contributed by atoms with E-state index in [2.05, 4.69) is 0 Å². The summed E-state index contributed by atoms with van der Waals surface area (Å²) in [5.74, 6) is -0.238. The highest BCUT2D eigenvalue weighted by Gasteiger charge is 2.15. The lowest BCUT2D eigenvalue weighted by molar-refractivity contribution is -0.384. The van der Waals surface area contributed by atoms with Gasteiger partial charge in [0.25, 0.3) is 11.6 Å². The maximum atomic E-state index is 12.3. The smallest absolute Gasteiger partial charge is 0.270 e. The molecule has 2 aromatic rings. The average molecular weight is 316 g/mol. The number of hydrogen-bond donors (Lipinski definition) is 0. The van der Waals surface area contributed by atoms with Crippen molar-refractivity contribution < 1.29 is 9.72 Å². The van der Waals surface area contributed by atoms with Gasteiger partial charge in [-0.3, -0.25) is 14.9 Å². The lowest BCUT2D eigenvalue weighted by Gasteiger charge is -2.17. The van der Waals surface area contributed by atoms with Gasteiger partial charge in [0.1, 0.15) is 0 Å². The minimum Gasteiger partial charge on any atom is -0.337 e. The molecule has 0 fully saturated rings. The van der Waals surface area contributed by atoms with E-state index in [4.69, 9.17) is 0 Å². The SMILES string of the molecule is CSc1ccc(CN(C)C(=O)c2cccc([N+](=O)[O-])c2)cc1. The van der Waals surface area contributed by atoms with Gasteiger partial charge >= 0.3 is 0 Å². The van der Waals surface area contributed by atoms with E-state index in [-0.39, 0.29) is 11.6 Å². The fourth-order valence-corrected chi connectivity index (χ4v) is 2.46. The van der Waals surface area contributed by atoms with Crippen molar-refractivity contribution in [3.8, 4) is 0 Å². The number of non-ortho nitro benzene ring substituents is 1. The first kappa shape index (κ1) is 16.0. The topological polar surface area (TPSA) is 63.5 Å². The molecule has 0 spiro atoms. The molecule has 0 radical (unpaired) electrons. The van der Waals surface area contributed by atoms with Crippen LogP contribution in [0.15, 0.2) is 53.4 Å². The molecule has 6 heteroatoms. The van der Waals surface area contributed by atoms with Crippen molar-refractivity contribution in [3.05, 3.63) is 69.8 Å². The molecule has 0 atom stereocenters. The molecule has 1 amide bonds. The van der Waals surface area contributed by atoms with Crippen molar-refractivity contribution >= 4 is 23.4 Å². The number of rotatable bonds is 5. The van der Waals surface area contributed by atoms with Crippen molar-refractivity contribution in [3.63, 3.8) is 0 Å². The molecule has 2 aromatic carbocycles. The largest absolute Gasteiger partial charge is 0.337 e. The summed E-state index contributed by atoms with van der Waals surface area (Å²) in [4.78, 5) is 25.3. The molecule has 5 nitrogen and oxygen atoms in total. The Balaban J connectivity index is 2.11. The lowest BCUT2D eigenvalue weighted by Crippen LogP contribution is -2.26. The van der Waals surface area contributed by atoms with Crippen LogP contribution in [0.25, 0.3) is 0 Å². The molecule has 0 saturated carbocycles. The molecule has 114 valence electrons. The van der Waals surface area contributed by atoms with Gasteiger partial charge in [-0.1, -0.05) is 18.2 Å². The van der Waals surface area contributed by atoms with Crippen molar-refractivity contribution in [2.75, 3.05) is 13.3 Å². The predicted octanol–water partition coefficient (Wildman–Crippen LogP) is 3.59. The molecule has 0 aliphatic rings. The number of nitro benzene ring substituents is 1. The van der Waals surface area contributed by atoms with Gasteiger partial charge in [0, 0.05) is 36.2 Å². The maximum absolute atomic E-state index is 12.3. The number of amides is 1. The first-order chi connectivity index (χ1) is 10.5. The van der Waals surface area contributed by atoms with E-state index >= 15 is 0 Å². The fourth-order valence-electron chi connectivity index (χ4n) is 2.05. The van der Waals surface area contributed by atoms with Crippen LogP contribution in [-0.4, -0.2) is 29.0 Å². The number of benzene rings is 2. The average Bonchev–Trinajstić information content (AvgIpc) is 2.54. The summed E-state index contributed by atoms with van der Waals surface area (Å²) in [5, 5.41) is 10.8. The number of carbonyl (C=O) groups is 1. The van der Waals surface area contributed by atoms with E-state index in [1.165, 1.54) is 18.2 Å². The molecule has 0 aliphatic carbocycles. The summed E-state index contributed by atoms with van der Waals surface area (Å²) in [6, 6.07) is 13.7. The first-order valence-corrected chi connectivity index (χ1v) is 7.86. The molecule has 0 aromatic heterocycles. The Morgan fingerprint density at radius 1 is 1.23 bits per heavy atom. The van der Waals surface area contributed by atoms with Crippen LogP contribution in [0.3, 0.4) is 0 Å². The molecule has 0 N–H and O–H groups in total. The normalized spacial score (nSPS) is 10.3. The Morgan fingerprint density at radius 3 is 2.50 bits per heavy atom.